The molecule has 1 N–H and O–H groups in total. The molecule has 0 fully saturated rings. The minimum atomic E-state index is 0.889. The number of hydrogen-bond acceptors (Lipinski definition) is 3. The zero-order chi connectivity index (χ0) is 13.6. The molecular weight excluding hydrogens is 248 g/mol. The van der Waals surface area contributed by atoms with Gasteiger partial charge < -0.3 is 5.32 Å². The molecule has 4 nitrogen and oxygen atoms in total. The molecule has 3 aromatic rings. The highest BCUT2D eigenvalue weighted by Crippen LogP contribution is 2.03. The second-order valence-electron chi connectivity index (χ2n) is 4.78. The first-order chi connectivity index (χ1) is 9.93. The summed E-state index contributed by atoms with van der Waals surface area (Å²) in [5.74, 6) is 1.01. The molecule has 3 rings (SSSR count). The Hall–Kier alpha value is -2.20. The Morgan fingerprint density at radius 2 is 1.65 bits per heavy atom. The van der Waals surface area contributed by atoms with E-state index in [9.17, 15) is 0 Å². The Balaban J connectivity index is 1.46. The van der Waals surface area contributed by atoms with E-state index in [0.717, 1.165) is 37.4 Å². The molecule has 0 bridgehead atoms. The molecule has 2 aromatic heterocycles. The number of hydrogen-bond donors (Lipinski definition) is 1. The first-order valence-corrected chi connectivity index (χ1v) is 6.97. The van der Waals surface area contributed by atoms with Crippen molar-refractivity contribution in [2.24, 2.45) is 0 Å². The number of nitrogens with zero attached hydrogens (tertiary/aromatic N) is 3. The molecule has 1 aromatic carbocycles. The third kappa shape index (κ3) is 3.03. The Morgan fingerprint density at radius 3 is 2.55 bits per heavy atom. The third-order valence-electron chi connectivity index (χ3n) is 3.34. The van der Waals surface area contributed by atoms with E-state index in [0.29, 0.717) is 0 Å². The second-order valence-corrected chi connectivity index (χ2v) is 4.78. The van der Waals surface area contributed by atoms with Gasteiger partial charge in [0.2, 0.25) is 0 Å². The number of rotatable bonds is 6. The molecule has 0 spiro atoms. The second kappa shape index (κ2) is 6.30. The van der Waals surface area contributed by atoms with Crippen molar-refractivity contribution in [1.82, 2.24) is 19.9 Å². The van der Waals surface area contributed by atoms with E-state index in [1.165, 1.54) is 5.56 Å². The quantitative estimate of drug-likeness (QED) is 0.695. The highest BCUT2D eigenvalue weighted by molar-refractivity contribution is 5.36. The average Bonchev–Trinajstić information content (AvgIpc) is 2.91. The van der Waals surface area contributed by atoms with E-state index in [1.807, 2.05) is 34.9 Å². The van der Waals surface area contributed by atoms with Crippen molar-refractivity contribution in [3.05, 3.63) is 66.1 Å². The Kier molecular flexibility index (Phi) is 4.04. The predicted molar refractivity (Wildman–Crippen MR) is 79.7 cm³/mol. The zero-order valence-electron chi connectivity index (χ0n) is 11.4. The first-order valence-electron chi connectivity index (χ1n) is 6.97. The minimum Gasteiger partial charge on any atom is -0.316 e. The highest BCUT2D eigenvalue weighted by Gasteiger charge is 2.03. The van der Waals surface area contributed by atoms with Gasteiger partial charge in [0.25, 0.3) is 0 Å². The van der Waals surface area contributed by atoms with Gasteiger partial charge in [0, 0.05) is 19.2 Å². The number of aromatic nitrogens is 3. The monoisotopic (exact) mass is 266 g/mol. The molecule has 0 aliphatic rings. The van der Waals surface area contributed by atoms with Gasteiger partial charge in [-0.25, -0.2) is 0 Å². The van der Waals surface area contributed by atoms with Gasteiger partial charge in [0.1, 0.15) is 5.82 Å². The number of pyridine rings is 1. The lowest BCUT2D eigenvalue weighted by Crippen LogP contribution is -2.20. The molecule has 0 unspecified atom stereocenters. The van der Waals surface area contributed by atoms with E-state index in [2.05, 4.69) is 39.8 Å². The standard InChI is InChI=1S/C16H18N4/c1-2-6-14(7-3-1)9-11-17-12-10-16-19-18-15-8-4-5-13-20(15)16/h1-8,13,17H,9-12H2. The molecule has 102 valence electrons. The van der Waals surface area contributed by atoms with Crippen molar-refractivity contribution in [3.8, 4) is 0 Å². The maximum Gasteiger partial charge on any atom is 0.160 e. The summed E-state index contributed by atoms with van der Waals surface area (Å²) in [5.41, 5.74) is 2.28. The maximum atomic E-state index is 4.22. The Labute approximate surface area is 118 Å². The van der Waals surface area contributed by atoms with E-state index in [-0.39, 0.29) is 0 Å². The van der Waals surface area contributed by atoms with Crippen LogP contribution in [0.3, 0.4) is 0 Å². The van der Waals surface area contributed by atoms with Crippen molar-refractivity contribution in [2.45, 2.75) is 12.8 Å². The topological polar surface area (TPSA) is 42.2 Å². The Bertz CT molecular complexity index is 660. The smallest absolute Gasteiger partial charge is 0.160 e. The summed E-state index contributed by atoms with van der Waals surface area (Å²) in [7, 11) is 0. The summed E-state index contributed by atoms with van der Waals surface area (Å²) in [5, 5.41) is 11.8. The lowest BCUT2D eigenvalue weighted by Gasteiger charge is -2.04. The van der Waals surface area contributed by atoms with Crippen LogP contribution in [0.5, 0.6) is 0 Å². The fourth-order valence-corrected chi connectivity index (χ4v) is 2.26. The summed E-state index contributed by atoms with van der Waals surface area (Å²) >= 11 is 0. The van der Waals surface area contributed by atoms with E-state index in [4.69, 9.17) is 0 Å². The zero-order valence-corrected chi connectivity index (χ0v) is 11.4. The van der Waals surface area contributed by atoms with Gasteiger partial charge in [-0.1, -0.05) is 36.4 Å². The van der Waals surface area contributed by atoms with Crippen LogP contribution in [0.1, 0.15) is 11.4 Å². The lowest BCUT2D eigenvalue weighted by atomic mass is 10.1. The highest BCUT2D eigenvalue weighted by atomic mass is 15.2. The molecule has 0 atom stereocenters. The largest absolute Gasteiger partial charge is 0.316 e. The molecule has 0 aliphatic heterocycles. The summed E-state index contributed by atoms with van der Waals surface area (Å²) < 4.78 is 2.04. The van der Waals surface area contributed by atoms with Crippen LogP contribution < -0.4 is 5.32 Å². The van der Waals surface area contributed by atoms with Gasteiger partial charge in [-0.15, -0.1) is 10.2 Å². The van der Waals surface area contributed by atoms with Gasteiger partial charge in [-0.05, 0) is 30.7 Å². The van der Waals surface area contributed by atoms with Crippen LogP contribution in [0.25, 0.3) is 5.65 Å². The van der Waals surface area contributed by atoms with Crippen molar-refractivity contribution < 1.29 is 0 Å². The van der Waals surface area contributed by atoms with Gasteiger partial charge in [-0.2, -0.15) is 0 Å². The summed E-state index contributed by atoms with van der Waals surface area (Å²) in [6, 6.07) is 16.5. The molecule has 0 saturated heterocycles. The van der Waals surface area contributed by atoms with Gasteiger partial charge in [0.05, 0.1) is 0 Å². The fraction of sp³-hybridized carbons (Fsp3) is 0.250. The molecule has 20 heavy (non-hydrogen) atoms. The van der Waals surface area contributed by atoms with Crippen molar-refractivity contribution in [2.75, 3.05) is 13.1 Å². The van der Waals surface area contributed by atoms with Crippen LogP contribution in [-0.2, 0) is 12.8 Å². The SMILES string of the molecule is c1ccc(CCNCCc2nnc3ccccn23)cc1. The molecule has 0 radical (unpaired) electrons. The number of nitrogens with one attached hydrogen (secondary N) is 1. The minimum absolute atomic E-state index is 0.889. The average molecular weight is 266 g/mol. The van der Waals surface area contributed by atoms with Gasteiger partial charge in [0.15, 0.2) is 5.65 Å². The van der Waals surface area contributed by atoms with Gasteiger partial charge >= 0.3 is 0 Å². The number of fused-ring (bicyclic) bond motifs is 1. The number of benzene rings is 1. The van der Waals surface area contributed by atoms with Crippen LogP contribution in [0.4, 0.5) is 0 Å². The van der Waals surface area contributed by atoms with Crippen LogP contribution in [0.15, 0.2) is 54.7 Å². The maximum absolute atomic E-state index is 4.22. The van der Waals surface area contributed by atoms with Crippen LogP contribution >= 0.6 is 0 Å². The third-order valence-corrected chi connectivity index (χ3v) is 3.34. The molecular formula is C16H18N4. The van der Waals surface area contributed by atoms with Crippen LogP contribution in [0, 0.1) is 0 Å². The summed E-state index contributed by atoms with van der Waals surface area (Å²) in [4.78, 5) is 0. The van der Waals surface area contributed by atoms with E-state index < -0.39 is 0 Å². The van der Waals surface area contributed by atoms with Crippen molar-refractivity contribution >= 4 is 5.65 Å². The van der Waals surface area contributed by atoms with Crippen LogP contribution in [-0.4, -0.2) is 27.7 Å². The Morgan fingerprint density at radius 1 is 0.850 bits per heavy atom. The summed E-state index contributed by atoms with van der Waals surface area (Å²) in [6.07, 6.45) is 3.95. The normalized spacial score (nSPS) is 11.0. The van der Waals surface area contributed by atoms with E-state index >= 15 is 0 Å². The first kappa shape index (κ1) is 12.8. The van der Waals surface area contributed by atoms with Crippen molar-refractivity contribution in [3.63, 3.8) is 0 Å². The molecule has 0 saturated carbocycles. The molecule has 2 heterocycles. The molecule has 4 heteroatoms. The van der Waals surface area contributed by atoms with Gasteiger partial charge in [-0.3, -0.25) is 4.40 Å². The lowest BCUT2D eigenvalue weighted by molar-refractivity contribution is 0.664. The molecule has 0 aliphatic carbocycles. The fourth-order valence-electron chi connectivity index (χ4n) is 2.26. The van der Waals surface area contributed by atoms with E-state index in [1.54, 1.807) is 0 Å². The van der Waals surface area contributed by atoms with Crippen LogP contribution in [0.2, 0.25) is 0 Å². The summed E-state index contributed by atoms with van der Waals surface area (Å²) in [6.45, 7) is 1.91. The molecule has 0 amide bonds. The predicted octanol–water partition coefficient (Wildman–Crippen LogP) is 2.10. The van der Waals surface area contributed by atoms with Crippen molar-refractivity contribution in [1.29, 1.82) is 0 Å².